The normalized spacial score (nSPS) is 19.3. The summed E-state index contributed by atoms with van der Waals surface area (Å²) in [6.45, 7) is 2.57. The average molecular weight is 250 g/mol. The molecule has 1 heterocycles. The minimum absolute atomic E-state index is 0.139. The van der Waals surface area contributed by atoms with E-state index in [1.54, 1.807) is 12.1 Å². The van der Waals surface area contributed by atoms with Crippen molar-refractivity contribution in [3.05, 3.63) is 39.9 Å². The minimum Gasteiger partial charge on any atom is -0.377 e. The predicted octanol–water partition coefficient (Wildman–Crippen LogP) is 2.21. The molecule has 18 heavy (non-hydrogen) atoms. The Morgan fingerprint density at radius 3 is 2.72 bits per heavy atom. The number of likely N-dealkylation sites (N-methyl/N-ethyl adjacent to an activating group) is 1. The molecule has 0 radical (unpaired) electrons. The zero-order valence-corrected chi connectivity index (χ0v) is 10.5. The first-order chi connectivity index (χ1) is 8.65. The highest BCUT2D eigenvalue weighted by Gasteiger charge is 2.17. The van der Waals surface area contributed by atoms with Crippen molar-refractivity contribution in [2.75, 3.05) is 20.2 Å². The van der Waals surface area contributed by atoms with Gasteiger partial charge in [0.15, 0.2) is 0 Å². The van der Waals surface area contributed by atoms with E-state index < -0.39 is 0 Å². The molecule has 1 atom stereocenters. The van der Waals surface area contributed by atoms with Crippen LogP contribution in [0, 0.1) is 10.1 Å². The SMILES string of the molecule is CN(Cc1ccc([N+](=O)[O-])cc1)CC1CCCO1. The third kappa shape index (κ3) is 3.51. The molecule has 5 heteroatoms. The molecule has 2 rings (SSSR count). The summed E-state index contributed by atoms with van der Waals surface area (Å²) in [6, 6.07) is 6.72. The lowest BCUT2D eigenvalue weighted by molar-refractivity contribution is -0.384. The molecule has 1 unspecified atom stereocenters. The van der Waals surface area contributed by atoms with E-state index in [0.29, 0.717) is 6.10 Å². The van der Waals surface area contributed by atoms with Gasteiger partial charge in [0.25, 0.3) is 5.69 Å². The Labute approximate surface area is 107 Å². The lowest BCUT2D eigenvalue weighted by atomic mass is 10.2. The summed E-state index contributed by atoms with van der Waals surface area (Å²) in [6.07, 6.45) is 2.62. The molecular weight excluding hydrogens is 232 g/mol. The zero-order chi connectivity index (χ0) is 13.0. The van der Waals surface area contributed by atoms with Gasteiger partial charge in [0.05, 0.1) is 11.0 Å². The number of non-ortho nitro benzene ring substituents is 1. The Morgan fingerprint density at radius 1 is 1.44 bits per heavy atom. The Kier molecular flexibility index (Phi) is 4.28. The number of nitro benzene ring substituents is 1. The standard InChI is InChI=1S/C13H18N2O3/c1-14(10-13-3-2-8-18-13)9-11-4-6-12(7-5-11)15(16)17/h4-7,13H,2-3,8-10H2,1H3. The molecule has 1 saturated heterocycles. The van der Waals surface area contributed by atoms with Crippen molar-refractivity contribution >= 4 is 5.69 Å². The summed E-state index contributed by atoms with van der Waals surface area (Å²) in [4.78, 5) is 12.4. The quantitative estimate of drug-likeness (QED) is 0.594. The van der Waals surface area contributed by atoms with Crippen LogP contribution in [0.2, 0.25) is 0 Å². The van der Waals surface area contributed by atoms with Crippen molar-refractivity contribution in [1.82, 2.24) is 4.90 Å². The first-order valence-electron chi connectivity index (χ1n) is 6.18. The fourth-order valence-corrected chi connectivity index (χ4v) is 2.24. The van der Waals surface area contributed by atoms with Gasteiger partial charge in [-0.1, -0.05) is 12.1 Å². The van der Waals surface area contributed by atoms with E-state index in [9.17, 15) is 10.1 Å². The third-order valence-corrected chi connectivity index (χ3v) is 3.14. The minimum atomic E-state index is -0.375. The number of ether oxygens (including phenoxy) is 1. The van der Waals surface area contributed by atoms with E-state index in [0.717, 1.165) is 38.1 Å². The second kappa shape index (κ2) is 5.93. The summed E-state index contributed by atoms with van der Waals surface area (Å²) in [5.41, 5.74) is 1.22. The third-order valence-electron chi connectivity index (χ3n) is 3.14. The van der Waals surface area contributed by atoms with Crippen LogP contribution in [0.1, 0.15) is 18.4 Å². The number of hydrogen-bond acceptors (Lipinski definition) is 4. The van der Waals surface area contributed by atoms with Crippen molar-refractivity contribution in [1.29, 1.82) is 0 Å². The van der Waals surface area contributed by atoms with Crippen LogP contribution < -0.4 is 0 Å². The molecule has 1 fully saturated rings. The topological polar surface area (TPSA) is 55.6 Å². The zero-order valence-electron chi connectivity index (χ0n) is 10.5. The van der Waals surface area contributed by atoms with Crippen LogP contribution >= 0.6 is 0 Å². The lowest BCUT2D eigenvalue weighted by Gasteiger charge is -2.20. The Hall–Kier alpha value is -1.46. The van der Waals surface area contributed by atoms with E-state index in [4.69, 9.17) is 4.74 Å². The predicted molar refractivity (Wildman–Crippen MR) is 68.4 cm³/mol. The van der Waals surface area contributed by atoms with Crippen molar-refractivity contribution in [2.45, 2.75) is 25.5 Å². The Morgan fingerprint density at radius 2 is 2.17 bits per heavy atom. The van der Waals surface area contributed by atoms with Gasteiger partial charge in [-0.2, -0.15) is 0 Å². The maximum atomic E-state index is 10.5. The van der Waals surface area contributed by atoms with Crippen LogP contribution in [-0.4, -0.2) is 36.1 Å². The van der Waals surface area contributed by atoms with Gasteiger partial charge in [-0.05, 0) is 25.5 Å². The summed E-state index contributed by atoms with van der Waals surface area (Å²) in [7, 11) is 2.04. The van der Waals surface area contributed by atoms with Crippen molar-refractivity contribution < 1.29 is 9.66 Å². The summed E-state index contributed by atoms with van der Waals surface area (Å²) < 4.78 is 5.58. The van der Waals surface area contributed by atoms with Crippen molar-refractivity contribution in [3.63, 3.8) is 0 Å². The highest BCUT2D eigenvalue weighted by molar-refractivity contribution is 5.32. The molecule has 5 nitrogen and oxygen atoms in total. The molecule has 0 spiro atoms. The molecule has 0 N–H and O–H groups in total. The molecular formula is C13H18N2O3. The van der Waals surface area contributed by atoms with E-state index in [2.05, 4.69) is 4.90 Å². The average Bonchev–Trinajstić information content (AvgIpc) is 2.82. The second-order valence-corrected chi connectivity index (χ2v) is 4.76. The Bertz CT molecular complexity index is 399. The molecule has 1 aliphatic rings. The number of nitrogens with zero attached hydrogens (tertiary/aromatic N) is 2. The Balaban J connectivity index is 1.86. The maximum Gasteiger partial charge on any atom is 0.269 e. The van der Waals surface area contributed by atoms with Crippen LogP contribution in [0.5, 0.6) is 0 Å². The molecule has 0 aliphatic carbocycles. The van der Waals surface area contributed by atoms with Gasteiger partial charge in [-0.3, -0.25) is 15.0 Å². The van der Waals surface area contributed by atoms with Gasteiger partial charge in [0.1, 0.15) is 0 Å². The first kappa shape index (κ1) is 13.0. The molecule has 0 aromatic heterocycles. The highest BCUT2D eigenvalue weighted by atomic mass is 16.6. The number of nitro groups is 1. The maximum absolute atomic E-state index is 10.5. The number of rotatable bonds is 5. The van der Waals surface area contributed by atoms with Crippen molar-refractivity contribution in [2.24, 2.45) is 0 Å². The summed E-state index contributed by atoms with van der Waals surface area (Å²) >= 11 is 0. The molecule has 1 aromatic rings. The first-order valence-corrected chi connectivity index (χ1v) is 6.18. The molecule has 0 amide bonds. The van der Waals surface area contributed by atoms with Gasteiger partial charge in [-0.25, -0.2) is 0 Å². The summed E-state index contributed by atoms with van der Waals surface area (Å²) in [5, 5.41) is 10.5. The van der Waals surface area contributed by atoms with E-state index in [-0.39, 0.29) is 10.6 Å². The molecule has 1 aliphatic heterocycles. The fraction of sp³-hybridized carbons (Fsp3) is 0.538. The van der Waals surface area contributed by atoms with Gasteiger partial charge >= 0.3 is 0 Å². The van der Waals surface area contributed by atoms with Crippen LogP contribution in [0.3, 0.4) is 0 Å². The van der Waals surface area contributed by atoms with Gasteiger partial charge in [-0.15, -0.1) is 0 Å². The largest absolute Gasteiger partial charge is 0.377 e. The van der Waals surface area contributed by atoms with Gasteiger partial charge < -0.3 is 4.74 Å². The number of benzene rings is 1. The summed E-state index contributed by atoms with van der Waals surface area (Å²) in [5.74, 6) is 0. The van der Waals surface area contributed by atoms with E-state index in [1.807, 2.05) is 19.2 Å². The van der Waals surface area contributed by atoms with Gasteiger partial charge in [0.2, 0.25) is 0 Å². The van der Waals surface area contributed by atoms with Gasteiger partial charge in [0, 0.05) is 31.8 Å². The monoisotopic (exact) mass is 250 g/mol. The molecule has 98 valence electrons. The molecule has 0 bridgehead atoms. The lowest BCUT2D eigenvalue weighted by Crippen LogP contribution is -2.28. The van der Waals surface area contributed by atoms with Crippen LogP contribution in [0.4, 0.5) is 5.69 Å². The fourth-order valence-electron chi connectivity index (χ4n) is 2.24. The molecule has 0 saturated carbocycles. The highest BCUT2D eigenvalue weighted by Crippen LogP contribution is 2.16. The van der Waals surface area contributed by atoms with E-state index in [1.165, 1.54) is 0 Å². The van der Waals surface area contributed by atoms with E-state index >= 15 is 0 Å². The van der Waals surface area contributed by atoms with Crippen LogP contribution in [0.15, 0.2) is 24.3 Å². The van der Waals surface area contributed by atoms with Crippen LogP contribution in [-0.2, 0) is 11.3 Å². The smallest absolute Gasteiger partial charge is 0.269 e. The number of hydrogen-bond donors (Lipinski definition) is 0. The second-order valence-electron chi connectivity index (χ2n) is 4.76. The molecule has 1 aromatic carbocycles. The van der Waals surface area contributed by atoms with Crippen LogP contribution in [0.25, 0.3) is 0 Å². The van der Waals surface area contributed by atoms with Crippen molar-refractivity contribution in [3.8, 4) is 0 Å².